The van der Waals surface area contributed by atoms with Crippen LogP contribution in [0.2, 0.25) is 0 Å². The molecule has 0 radical (unpaired) electrons. The van der Waals surface area contributed by atoms with Gasteiger partial charge in [-0.3, -0.25) is 14.4 Å². The Bertz CT molecular complexity index is 835. The molecule has 4 rings (SSSR count). The summed E-state index contributed by atoms with van der Waals surface area (Å²) in [6.45, 7) is 9.34. The van der Waals surface area contributed by atoms with E-state index in [4.69, 9.17) is 4.74 Å². The maximum absolute atomic E-state index is 13.2. The average Bonchev–Trinajstić information content (AvgIpc) is 2.98. The summed E-state index contributed by atoms with van der Waals surface area (Å²) in [5.74, 6) is 0.758. The summed E-state index contributed by atoms with van der Waals surface area (Å²) in [7, 11) is 0. The number of carbonyl (C=O) groups excluding carboxylic acids is 3. The SMILES string of the molecule is CC(C)(C)C(=O)OCC(=O)[C@]1(O)CC[C@H]2[C@H]3CCC4=CC(=O)CC[C@@]4(C)[C@@H]3CC[C@@]21C. The second-order valence-electron chi connectivity index (χ2n) is 12.1. The van der Waals surface area contributed by atoms with Crippen LogP contribution >= 0.6 is 0 Å². The number of fused-ring (bicyclic) bond motifs is 5. The summed E-state index contributed by atoms with van der Waals surface area (Å²) in [6.07, 6.45) is 8.49. The Balaban J connectivity index is 1.54. The average molecular weight is 431 g/mol. The van der Waals surface area contributed by atoms with Gasteiger partial charge in [0.15, 0.2) is 12.4 Å². The molecule has 0 aromatic heterocycles. The maximum atomic E-state index is 13.2. The highest BCUT2D eigenvalue weighted by Gasteiger charge is 2.66. The zero-order chi connectivity index (χ0) is 22.8. The predicted molar refractivity (Wildman–Crippen MR) is 117 cm³/mol. The van der Waals surface area contributed by atoms with Gasteiger partial charge in [-0.05, 0) is 95.0 Å². The second-order valence-corrected chi connectivity index (χ2v) is 12.1. The highest BCUT2D eigenvalue weighted by Crippen LogP contribution is 2.67. The summed E-state index contributed by atoms with van der Waals surface area (Å²) >= 11 is 0. The molecule has 3 fully saturated rings. The van der Waals surface area contributed by atoms with Crippen LogP contribution in [-0.2, 0) is 19.1 Å². The van der Waals surface area contributed by atoms with E-state index in [-0.39, 0.29) is 29.5 Å². The fourth-order valence-corrected chi connectivity index (χ4v) is 7.50. The van der Waals surface area contributed by atoms with Gasteiger partial charge in [-0.1, -0.05) is 19.4 Å². The quantitative estimate of drug-likeness (QED) is 0.671. The van der Waals surface area contributed by atoms with Crippen molar-refractivity contribution in [2.45, 2.75) is 91.6 Å². The lowest BCUT2D eigenvalue weighted by Gasteiger charge is -2.58. The third-order valence-corrected chi connectivity index (χ3v) is 9.52. The first-order chi connectivity index (χ1) is 14.3. The van der Waals surface area contributed by atoms with Gasteiger partial charge in [0, 0.05) is 11.8 Å². The summed E-state index contributed by atoms with van der Waals surface area (Å²) in [4.78, 5) is 37.3. The molecule has 0 bridgehead atoms. The third kappa shape index (κ3) is 3.34. The fraction of sp³-hybridized carbons (Fsp3) is 0.808. The molecule has 0 saturated heterocycles. The van der Waals surface area contributed by atoms with Crippen molar-refractivity contribution in [3.05, 3.63) is 11.6 Å². The van der Waals surface area contributed by atoms with E-state index >= 15 is 0 Å². The van der Waals surface area contributed by atoms with Crippen molar-refractivity contribution in [1.29, 1.82) is 0 Å². The Morgan fingerprint density at radius 1 is 1.06 bits per heavy atom. The molecule has 0 aromatic carbocycles. The van der Waals surface area contributed by atoms with E-state index in [1.165, 1.54) is 5.57 Å². The highest BCUT2D eigenvalue weighted by molar-refractivity contribution is 5.92. The predicted octanol–water partition coefficient (Wildman–Crippen LogP) is 4.41. The number of ether oxygens (including phenoxy) is 1. The molecule has 6 atom stereocenters. The molecule has 0 spiro atoms. The molecular formula is C26H38O5. The minimum Gasteiger partial charge on any atom is -0.457 e. The summed E-state index contributed by atoms with van der Waals surface area (Å²) in [5, 5.41) is 11.7. The van der Waals surface area contributed by atoms with Crippen molar-refractivity contribution in [2.24, 2.45) is 34.0 Å². The number of hydrogen-bond acceptors (Lipinski definition) is 5. The fourth-order valence-electron chi connectivity index (χ4n) is 7.50. The number of hydrogen-bond donors (Lipinski definition) is 1. The number of rotatable bonds is 3. The minimum atomic E-state index is -1.43. The van der Waals surface area contributed by atoms with Crippen LogP contribution in [-0.4, -0.2) is 34.9 Å². The van der Waals surface area contributed by atoms with Crippen molar-refractivity contribution in [3.8, 4) is 0 Å². The van der Waals surface area contributed by atoms with E-state index in [0.29, 0.717) is 24.7 Å². The van der Waals surface area contributed by atoms with E-state index in [0.717, 1.165) is 38.5 Å². The molecule has 0 aliphatic heterocycles. The van der Waals surface area contributed by atoms with Gasteiger partial charge in [-0.15, -0.1) is 0 Å². The maximum Gasteiger partial charge on any atom is 0.311 e. The molecule has 0 unspecified atom stereocenters. The van der Waals surface area contributed by atoms with Crippen LogP contribution in [0, 0.1) is 34.0 Å². The van der Waals surface area contributed by atoms with Gasteiger partial charge in [-0.2, -0.15) is 0 Å². The first kappa shape index (κ1) is 22.7. The van der Waals surface area contributed by atoms with Gasteiger partial charge in [0.25, 0.3) is 0 Å². The van der Waals surface area contributed by atoms with Crippen LogP contribution in [0.25, 0.3) is 0 Å². The van der Waals surface area contributed by atoms with Crippen LogP contribution in [0.3, 0.4) is 0 Å². The number of allylic oxidation sites excluding steroid dienone is 1. The lowest BCUT2D eigenvalue weighted by atomic mass is 9.46. The van der Waals surface area contributed by atoms with Gasteiger partial charge in [0.05, 0.1) is 5.41 Å². The van der Waals surface area contributed by atoms with E-state index in [1.807, 2.05) is 6.08 Å². The second kappa shape index (κ2) is 7.26. The molecule has 0 aromatic rings. The first-order valence-electron chi connectivity index (χ1n) is 12.0. The Labute approximate surface area is 186 Å². The normalized spacial score (nSPS) is 42.2. The van der Waals surface area contributed by atoms with E-state index in [9.17, 15) is 19.5 Å². The van der Waals surface area contributed by atoms with Crippen molar-refractivity contribution in [2.75, 3.05) is 6.61 Å². The van der Waals surface area contributed by atoms with Gasteiger partial charge in [0.1, 0.15) is 5.60 Å². The number of ketones is 2. The summed E-state index contributed by atoms with van der Waals surface area (Å²) in [5.41, 5.74) is -1.19. The van der Waals surface area contributed by atoms with Crippen LogP contribution in [0.5, 0.6) is 0 Å². The van der Waals surface area contributed by atoms with Gasteiger partial charge in [0.2, 0.25) is 5.78 Å². The lowest BCUT2D eigenvalue weighted by molar-refractivity contribution is -0.172. The molecule has 0 amide bonds. The van der Waals surface area contributed by atoms with Crippen LogP contribution in [0.4, 0.5) is 0 Å². The van der Waals surface area contributed by atoms with E-state index < -0.39 is 22.4 Å². The van der Waals surface area contributed by atoms with E-state index in [2.05, 4.69) is 13.8 Å². The standard InChI is InChI=1S/C26H38O5/c1-23(2,3)22(29)31-15-21(28)26(30)13-10-20-18-7-6-16-14-17(27)8-11-24(16,4)19(18)9-12-25(20,26)5/h14,18-20,30H,6-13,15H2,1-5H3/t18-,19+,20-,24+,25-,26+/m0/s1. The lowest BCUT2D eigenvalue weighted by Crippen LogP contribution is -2.58. The molecule has 1 N–H and O–H groups in total. The van der Waals surface area contributed by atoms with Crippen LogP contribution < -0.4 is 0 Å². The van der Waals surface area contributed by atoms with Crippen molar-refractivity contribution in [3.63, 3.8) is 0 Å². The van der Waals surface area contributed by atoms with Crippen LogP contribution in [0.15, 0.2) is 11.6 Å². The van der Waals surface area contributed by atoms with Crippen molar-refractivity contribution in [1.82, 2.24) is 0 Å². The number of esters is 1. The van der Waals surface area contributed by atoms with Gasteiger partial charge in [-0.25, -0.2) is 0 Å². The molecule has 5 nitrogen and oxygen atoms in total. The van der Waals surface area contributed by atoms with Crippen LogP contribution in [0.1, 0.15) is 86.0 Å². The molecule has 3 saturated carbocycles. The smallest absolute Gasteiger partial charge is 0.311 e. The van der Waals surface area contributed by atoms with Gasteiger partial charge < -0.3 is 9.84 Å². The molecule has 4 aliphatic rings. The Morgan fingerprint density at radius 2 is 1.74 bits per heavy atom. The van der Waals surface area contributed by atoms with Crippen molar-refractivity contribution < 1.29 is 24.2 Å². The molecule has 172 valence electrons. The number of carbonyl (C=O) groups is 3. The third-order valence-electron chi connectivity index (χ3n) is 9.52. The molecule has 5 heteroatoms. The Hall–Kier alpha value is -1.49. The van der Waals surface area contributed by atoms with Crippen molar-refractivity contribution >= 4 is 17.5 Å². The topological polar surface area (TPSA) is 80.7 Å². The molecule has 31 heavy (non-hydrogen) atoms. The Morgan fingerprint density at radius 3 is 2.42 bits per heavy atom. The minimum absolute atomic E-state index is 0.0745. The zero-order valence-corrected chi connectivity index (χ0v) is 19.8. The molecule has 0 heterocycles. The number of aliphatic hydroxyl groups is 1. The first-order valence-corrected chi connectivity index (χ1v) is 12.0. The monoisotopic (exact) mass is 430 g/mol. The molecular weight excluding hydrogens is 392 g/mol. The number of Topliss-reactive ketones (excluding diaryl/α,β-unsaturated/α-hetero) is 1. The van der Waals surface area contributed by atoms with E-state index in [1.54, 1.807) is 20.8 Å². The highest BCUT2D eigenvalue weighted by atomic mass is 16.5. The Kier molecular flexibility index (Phi) is 5.32. The van der Waals surface area contributed by atoms with Gasteiger partial charge >= 0.3 is 5.97 Å². The summed E-state index contributed by atoms with van der Waals surface area (Å²) in [6, 6.07) is 0. The largest absolute Gasteiger partial charge is 0.457 e. The summed E-state index contributed by atoms with van der Waals surface area (Å²) < 4.78 is 5.29. The zero-order valence-electron chi connectivity index (χ0n) is 19.8. The molecule has 4 aliphatic carbocycles.